The van der Waals surface area contributed by atoms with Crippen LogP contribution < -0.4 is 5.69 Å². The summed E-state index contributed by atoms with van der Waals surface area (Å²) >= 11 is 0. The molecule has 0 aliphatic heterocycles. The molecule has 0 spiro atoms. The molecule has 5 rings (SSSR count). The van der Waals surface area contributed by atoms with Crippen LogP contribution >= 0.6 is 0 Å². The standard InChI is InChI=1S/C22H19F2N3O/c1-22(9-10-22)12-27-17-8-7-14(18(23)19(17)26(2)21(27)28)15-11-13-5-3-4-6-16(13)25-20(15)24/h3-8,11H,9-10,12H2,1-2H3. The summed E-state index contributed by atoms with van der Waals surface area (Å²) in [6.45, 7) is 2.69. The van der Waals surface area contributed by atoms with Crippen LogP contribution in [-0.4, -0.2) is 14.1 Å². The van der Waals surface area contributed by atoms with Gasteiger partial charge in [0.25, 0.3) is 0 Å². The molecule has 1 fully saturated rings. The topological polar surface area (TPSA) is 39.8 Å². The Morgan fingerprint density at radius 3 is 2.61 bits per heavy atom. The molecule has 2 heterocycles. The van der Waals surface area contributed by atoms with Crippen molar-refractivity contribution >= 4 is 21.9 Å². The van der Waals surface area contributed by atoms with Gasteiger partial charge in [0.15, 0.2) is 5.82 Å². The second-order valence-corrected chi connectivity index (χ2v) is 8.05. The molecule has 0 radical (unpaired) electrons. The maximum Gasteiger partial charge on any atom is 0.328 e. The Balaban J connectivity index is 1.74. The molecule has 4 aromatic rings. The number of para-hydroxylation sites is 1. The maximum absolute atomic E-state index is 15.5. The van der Waals surface area contributed by atoms with Crippen molar-refractivity contribution in [3.8, 4) is 11.1 Å². The van der Waals surface area contributed by atoms with Gasteiger partial charge in [-0.3, -0.25) is 9.13 Å². The first-order chi connectivity index (χ1) is 13.4. The van der Waals surface area contributed by atoms with E-state index in [0.717, 1.165) is 18.2 Å². The van der Waals surface area contributed by atoms with Crippen molar-refractivity contribution < 1.29 is 8.78 Å². The van der Waals surface area contributed by atoms with Gasteiger partial charge >= 0.3 is 5.69 Å². The number of imidazole rings is 1. The summed E-state index contributed by atoms with van der Waals surface area (Å²) in [5.41, 5.74) is 1.29. The Morgan fingerprint density at radius 2 is 1.86 bits per heavy atom. The Morgan fingerprint density at radius 1 is 1.11 bits per heavy atom. The molecule has 0 N–H and O–H groups in total. The largest absolute Gasteiger partial charge is 0.328 e. The molecule has 6 heteroatoms. The van der Waals surface area contributed by atoms with E-state index in [0.29, 0.717) is 17.6 Å². The fourth-order valence-electron chi connectivity index (χ4n) is 3.87. The van der Waals surface area contributed by atoms with Crippen molar-refractivity contribution in [2.24, 2.45) is 12.5 Å². The van der Waals surface area contributed by atoms with Crippen LogP contribution in [0.25, 0.3) is 33.1 Å². The molecule has 142 valence electrons. The fourth-order valence-corrected chi connectivity index (χ4v) is 3.87. The number of hydrogen-bond acceptors (Lipinski definition) is 2. The van der Waals surface area contributed by atoms with E-state index in [4.69, 9.17) is 0 Å². The van der Waals surface area contributed by atoms with Gasteiger partial charge in [0.2, 0.25) is 5.95 Å². The fraction of sp³-hybridized carbons (Fsp3) is 0.273. The smallest absolute Gasteiger partial charge is 0.292 e. The van der Waals surface area contributed by atoms with Crippen molar-refractivity contribution in [1.29, 1.82) is 0 Å². The van der Waals surface area contributed by atoms with E-state index in [-0.39, 0.29) is 27.7 Å². The molecule has 4 nitrogen and oxygen atoms in total. The summed E-state index contributed by atoms with van der Waals surface area (Å²) in [5.74, 6) is -1.33. The average molecular weight is 379 g/mol. The number of hydrogen-bond donors (Lipinski definition) is 0. The van der Waals surface area contributed by atoms with Crippen LogP contribution in [0.15, 0.2) is 47.3 Å². The Hall–Kier alpha value is -3.02. The zero-order chi connectivity index (χ0) is 19.6. The quantitative estimate of drug-likeness (QED) is 0.487. The molecule has 2 aromatic carbocycles. The summed E-state index contributed by atoms with van der Waals surface area (Å²) in [6, 6.07) is 12.0. The second-order valence-electron chi connectivity index (χ2n) is 8.05. The summed E-state index contributed by atoms with van der Waals surface area (Å²) in [6.07, 6.45) is 2.12. The molecular formula is C22H19F2N3O. The number of halogens is 2. The number of nitrogens with zero attached hydrogens (tertiary/aromatic N) is 3. The van der Waals surface area contributed by atoms with E-state index < -0.39 is 11.8 Å². The molecular weight excluding hydrogens is 360 g/mol. The van der Waals surface area contributed by atoms with Gasteiger partial charge in [-0.15, -0.1) is 0 Å². The molecule has 1 aliphatic rings. The van der Waals surface area contributed by atoms with Gasteiger partial charge in [-0.2, -0.15) is 4.39 Å². The van der Waals surface area contributed by atoms with E-state index in [1.807, 2.05) is 12.1 Å². The van der Waals surface area contributed by atoms with Gasteiger partial charge in [-0.1, -0.05) is 25.1 Å². The highest BCUT2D eigenvalue weighted by Gasteiger charge is 2.38. The number of aryl methyl sites for hydroxylation is 1. The number of fused-ring (bicyclic) bond motifs is 2. The summed E-state index contributed by atoms with van der Waals surface area (Å²) in [4.78, 5) is 16.7. The van der Waals surface area contributed by atoms with E-state index in [9.17, 15) is 9.18 Å². The third-order valence-electron chi connectivity index (χ3n) is 5.85. The molecule has 1 saturated carbocycles. The predicted octanol–water partition coefficient (Wildman–Crippen LogP) is 4.63. The first kappa shape index (κ1) is 17.1. The Kier molecular flexibility index (Phi) is 3.50. The molecule has 0 amide bonds. The minimum Gasteiger partial charge on any atom is -0.292 e. The zero-order valence-corrected chi connectivity index (χ0v) is 15.7. The second kappa shape index (κ2) is 5.74. The van der Waals surface area contributed by atoms with Crippen molar-refractivity contribution in [2.45, 2.75) is 26.3 Å². The van der Waals surface area contributed by atoms with Crippen molar-refractivity contribution in [1.82, 2.24) is 14.1 Å². The van der Waals surface area contributed by atoms with Gasteiger partial charge in [0.05, 0.1) is 11.0 Å². The highest BCUT2D eigenvalue weighted by atomic mass is 19.1. The first-order valence-corrected chi connectivity index (χ1v) is 9.31. The van der Waals surface area contributed by atoms with E-state index in [1.165, 1.54) is 10.6 Å². The van der Waals surface area contributed by atoms with Crippen LogP contribution in [0.4, 0.5) is 8.78 Å². The third-order valence-corrected chi connectivity index (χ3v) is 5.85. The monoisotopic (exact) mass is 379 g/mol. The summed E-state index contributed by atoms with van der Waals surface area (Å²) in [5, 5.41) is 0.728. The highest BCUT2D eigenvalue weighted by Crippen LogP contribution is 2.46. The normalized spacial score (nSPS) is 15.4. The van der Waals surface area contributed by atoms with Crippen molar-refractivity contribution in [2.75, 3.05) is 0 Å². The van der Waals surface area contributed by atoms with E-state index >= 15 is 4.39 Å². The summed E-state index contributed by atoms with van der Waals surface area (Å²) < 4.78 is 33.1. The number of benzene rings is 2. The predicted molar refractivity (Wildman–Crippen MR) is 105 cm³/mol. The van der Waals surface area contributed by atoms with Crippen LogP contribution in [0, 0.1) is 17.2 Å². The van der Waals surface area contributed by atoms with Crippen LogP contribution in [0.3, 0.4) is 0 Å². The average Bonchev–Trinajstić information content (AvgIpc) is 3.36. The summed E-state index contributed by atoms with van der Waals surface area (Å²) in [7, 11) is 1.55. The van der Waals surface area contributed by atoms with E-state index in [2.05, 4.69) is 11.9 Å². The van der Waals surface area contributed by atoms with Gasteiger partial charge in [-0.05, 0) is 42.5 Å². The first-order valence-electron chi connectivity index (χ1n) is 9.31. The molecule has 2 aromatic heterocycles. The molecule has 1 aliphatic carbocycles. The Labute approximate surface area is 160 Å². The molecule has 0 atom stereocenters. The number of aromatic nitrogens is 3. The number of pyridine rings is 1. The molecule has 0 unspecified atom stereocenters. The van der Waals surface area contributed by atoms with Crippen LogP contribution in [-0.2, 0) is 13.6 Å². The lowest BCUT2D eigenvalue weighted by Gasteiger charge is -2.11. The lowest BCUT2D eigenvalue weighted by atomic mass is 10.0. The van der Waals surface area contributed by atoms with Gasteiger partial charge in [-0.25, -0.2) is 14.2 Å². The molecule has 28 heavy (non-hydrogen) atoms. The van der Waals surface area contributed by atoms with Gasteiger partial charge in [0.1, 0.15) is 5.52 Å². The lowest BCUT2D eigenvalue weighted by Crippen LogP contribution is -2.25. The maximum atomic E-state index is 15.5. The minimum atomic E-state index is -0.730. The van der Waals surface area contributed by atoms with Crippen molar-refractivity contribution in [3.05, 3.63) is 64.7 Å². The molecule has 0 saturated heterocycles. The highest BCUT2D eigenvalue weighted by molar-refractivity contribution is 5.88. The lowest BCUT2D eigenvalue weighted by molar-refractivity contribution is 0.460. The third kappa shape index (κ3) is 2.47. The Bertz CT molecular complexity index is 1320. The van der Waals surface area contributed by atoms with Crippen LogP contribution in [0.2, 0.25) is 0 Å². The van der Waals surface area contributed by atoms with Crippen molar-refractivity contribution in [3.63, 3.8) is 0 Å². The molecule has 0 bridgehead atoms. The van der Waals surface area contributed by atoms with E-state index in [1.54, 1.807) is 35.9 Å². The number of rotatable bonds is 3. The minimum absolute atomic E-state index is 0.0902. The van der Waals surface area contributed by atoms with Gasteiger partial charge < -0.3 is 0 Å². The van der Waals surface area contributed by atoms with Crippen LogP contribution in [0.1, 0.15) is 19.8 Å². The zero-order valence-electron chi connectivity index (χ0n) is 15.7. The van der Waals surface area contributed by atoms with Crippen LogP contribution in [0.5, 0.6) is 0 Å². The SMILES string of the molecule is Cn1c(=O)n(CC2(C)CC2)c2ccc(-c3cc4ccccc4nc3F)c(F)c21. The van der Waals surface area contributed by atoms with Gasteiger partial charge in [0, 0.05) is 30.1 Å².